The maximum atomic E-state index is 11.6. The molecule has 2 unspecified atom stereocenters. The van der Waals surface area contributed by atoms with Crippen LogP contribution in [0, 0.1) is 12.8 Å². The number of esters is 1. The molecule has 0 radical (unpaired) electrons. The lowest BCUT2D eigenvalue weighted by molar-refractivity contribution is -0.141. The standard InChI is InChI=1S/C19H26O3/c1-12(2)15-7-6-14-10-13(3)17(20)11-16(14)19(15,4)9-8-18(21)22-5/h10-11,15,20H,1,6-9H2,2-5H3. The van der Waals surface area contributed by atoms with Crippen LogP contribution in [0.4, 0.5) is 0 Å². The van der Waals surface area contributed by atoms with Gasteiger partial charge in [0, 0.05) is 6.42 Å². The van der Waals surface area contributed by atoms with Gasteiger partial charge in [0.1, 0.15) is 5.75 Å². The Bertz CT molecular complexity index is 603. The zero-order chi connectivity index (χ0) is 16.5. The smallest absolute Gasteiger partial charge is 0.305 e. The van der Waals surface area contributed by atoms with Crippen LogP contribution in [0.3, 0.4) is 0 Å². The molecule has 3 nitrogen and oxygen atoms in total. The van der Waals surface area contributed by atoms with Gasteiger partial charge in [0.2, 0.25) is 0 Å². The van der Waals surface area contributed by atoms with Gasteiger partial charge >= 0.3 is 5.97 Å². The Morgan fingerprint density at radius 2 is 2.18 bits per heavy atom. The summed E-state index contributed by atoms with van der Waals surface area (Å²) < 4.78 is 4.80. The fourth-order valence-corrected chi connectivity index (χ4v) is 3.86. The molecule has 120 valence electrons. The molecule has 0 heterocycles. The van der Waals surface area contributed by atoms with Crippen LogP contribution in [-0.2, 0) is 21.4 Å². The van der Waals surface area contributed by atoms with E-state index in [0.29, 0.717) is 24.5 Å². The molecule has 22 heavy (non-hydrogen) atoms. The summed E-state index contributed by atoms with van der Waals surface area (Å²) in [5, 5.41) is 10.1. The van der Waals surface area contributed by atoms with Crippen LogP contribution in [0.2, 0.25) is 0 Å². The summed E-state index contributed by atoms with van der Waals surface area (Å²) in [7, 11) is 1.42. The lowest BCUT2D eigenvalue weighted by Gasteiger charge is -2.44. The van der Waals surface area contributed by atoms with Crippen molar-refractivity contribution in [3.63, 3.8) is 0 Å². The monoisotopic (exact) mass is 302 g/mol. The van der Waals surface area contributed by atoms with Crippen LogP contribution in [0.25, 0.3) is 0 Å². The van der Waals surface area contributed by atoms with Gasteiger partial charge in [0.25, 0.3) is 0 Å². The Kier molecular flexibility index (Phi) is 4.64. The van der Waals surface area contributed by atoms with Gasteiger partial charge in [-0.05, 0) is 67.2 Å². The van der Waals surface area contributed by atoms with E-state index in [-0.39, 0.29) is 11.4 Å². The van der Waals surface area contributed by atoms with Crippen LogP contribution in [-0.4, -0.2) is 18.2 Å². The highest BCUT2D eigenvalue weighted by Gasteiger charge is 2.41. The third-order valence-electron chi connectivity index (χ3n) is 5.18. The molecule has 2 rings (SSSR count). The first-order valence-corrected chi connectivity index (χ1v) is 7.84. The first-order valence-electron chi connectivity index (χ1n) is 7.84. The molecular weight excluding hydrogens is 276 g/mol. The third-order valence-corrected chi connectivity index (χ3v) is 5.18. The number of carbonyl (C=O) groups excluding carboxylic acids is 1. The Morgan fingerprint density at radius 1 is 1.50 bits per heavy atom. The molecule has 1 aromatic rings. The largest absolute Gasteiger partial charge is 0.508 e. The van der Waals surface area contributed by atoms with Gasteiger partial charge in [-0.15, -0.1) is 0 Å². The minimum atomic E-state index is -0.196. The SMILES string of the molecule is C=C(C)C1CCc2cc(C)c(O)cc2C1(C)CCC(=O)OC. The first-order chi connectivity index (χ1) is 10.3. The molecule has 0 aliphatic heterocycles. The number of aryl methyl sites for hydroxylation is 2. The molecule has 0 aromatic heterocycles. The topological polar surface area (TPSA) is 46.5 Å². The van der Waals surface area contributed by atoms with Crippen molar-refractivity contribution in [2.45, 2.75) is 51.9 Å². The highest BCUT2D eigenvalue weighted by molar-refractivity contribution is 5.69. The number of allylic oxidation sites excluding steroid dienone is 1. The maximum absolute atomic E-state index is 11.6. The van der Waals surface area contributed by atoms with Crippen molar-refractivity contribution in [3.8, 4) is 5.75 Å². The molecule has 1 N–H and O–H groups in total. The van der Waals surface area contributed by atoms with Gasteiger partial charge in [0.05, 0.1) is 7.11 Å². The molecule has 0 saturated carbocycles. The van der Waals surface area contributed by atoms with Crippen molar-refractivity contribution in [1.82, 2.24) is 0 Å². The zero-order valence-corrected chi connectivity index (χ0v) is 14.0. The van der Waals surface area contributed by atoms with Crippen molar-refractivity contribution in [2.75, 3.05) is 7.11 Å². The number of hydrogen-bond donors (Lipinski definition) is 1. The van der Waals surface area contributed by atoms with Gasteiger partial charge in [-0.1, -0.05) is 25.1 Å². The van der Waals surface area contributed by atoms with Gasteiger partial charge in [0.15, 0.2) is 0 Å². The summed E-state index contributed by atoms with van der Waals surface area (Å²) >= 11 is 0. The highest BCUT2D eigenvalue weighted by Crippen LogP contribution is 2.48. The number of phenolic OH excluding ortho intramolecular Hbond substituents is 1. The molecule has 0 saturated heterocycles. The van der Waals surface area contributed by atoms with E-state index in [1.54, 1.807) is 0 Å². The van der Waals surface area contributed by atoms with Crippen molar-refractivity contribution in [3.05, 3.63) is 41.0 Å². The van der Waals surface area contributed by atoms with E-state index in [9.17, 15) is 9.90 Å². The maximum Gasteiger partial charge on any atom is 0.305 e. The average Bonchev–Trinajstić information content (AvgIpc) is 2.47. The van der Waals surface area contributed by atoms with E-state index in [2.05, 4.69) is 26.5 Å². The minimum Gasteiger partial charge on any atom is -0.508 e. The zero-order valence-electron chi connectivity index (χ0n) is 14.0. The molecule has 1 aromatic carbocycles. The van der Waals surface area contributed by atoms with Crippen molar-refractivity contribution in [1.29, 1.82) is 0 Å². The van der Waals surface area contributed by atoms with Crippen LogP contribution in [0.5, 0.6) is 5.75 Å². The first kappa shape index (κ1) is 16.6. The summed E-state index contributed by atoms with van der Waals surface area (Å²) in [5.41, 5.74) is 4.28. The van der Waals surface area contributed by atoms with Gasteiger partial charge in [-0.25, -0.2) is 0 Å². The quantitative estimate of drug-likeness (QED) is 0.674. The minimum absolute atomic E-state index is 0.190. The summed E-state index contributed by atoms with van der Waals surface area (Å²) in [6, 6.07) is 3.97. The molecule has 0 fully saturated rings. The number of benzene rings is 1. The Balaban J connectivity index is 2.47. The average molecular weight is 302 g/mol. The number of methoxy groups -OCH3 is 1. The van der Waals surface area contributed by atoms with Crippen LogP contribution in [0.15, 0.2) is 24.3 Å². The lowest BCUT2D eigenvalue weighted by atomic mass is 9.60. The summed E-state index contributed by atoms with van der Waals surface area (Å²) in [4.78, 5) is 11.6. The number of phenols is 1. The van der Waals surface area contributed by atoms with Gasteiger partial charge in [-0.2, -0.15) is 0 Å². The molecule has 0 amide bonds. The van der Waals surface area contributed by atoms with Crippen molar-refractivity contribution in [2.24, 2.45) is 5.92 Å². The predicted molar refractivity (Wildman–Crippen MR) is 88.1 cm³/mol. The second-order valence-electron chi connectivity index (χ2n) is 6.73. The third kappa shape index (κ3) is 2.90. The molecule has 2 atom stereocenters. The highest BCUT2D eigenvalue weighted by atomic mass is 16.5. The number of carbonyl (C=O) groups is 1. The fraction of sp³-hybridized carbons (Fsp3) is 0.526. The Hall–Kier alpha value is -1.77. The predicted octanol–water partition coefficient (Wildman–Crippen LogP) is 4.05. The molecule has 1 aliphatic rings. The van der Waals surface area contributed by atoms with E-state index in [4.69, 9.17) is 4.74 Å². The second-order valence-corrected chi connectivity index (χ2v) is 6.73. The molecule has 0 bridgehead atoms. The molecule has 1 aliphatic carbocycles. The lowest BCUT2D eigenvalue weighted by Crippen LogP contribution is -2.38. The number of fused-ring (bicyclic) bond motifs is 1. The van der Waals surface area contributed by atoms with E-state index in [0.717, 1.165) is 29.5 Å². The van der Waals surface area contributed by atoms with Crippen molar-refractivity contribution >= 4 is 5.97 Å². The molecule has 3 heteroatoms. The van der Waals surface area contributed by atoms with Crippen molar-refractivity contribution < 1.29 is 14.6 Å². The van der Waals surface area contributed by atoms with E-state index in [1.165, 1.54) is 12.7 Å². The Labute approximate surface area is 133 Å². The van der Waals surface area contributed by atoms with Gasteiger partial charge < -0.3 is 9.84 Å². The fourth-order valence-electron chi connectivity index (χ4n) is 3.86. The van der Waals surface area contributed by atoms with Gasteiger partial charge in [-0.3, -0.25) is 4.79 Å². The second kappa shape index (κ2) is 6.15. The molecule has 0 spiro atoms. The Morgan fingerprint density at radius 3 is 2.77 bits per heavy atom. The number of rotatable bonds is 4. The number of hydrogen-bond acceptors (Lipinski definition) is 3. The van der Waals surface area contributed by atoms with Crippen LogP contribution >= 0.6 is 0 Å². The number of ether oxygens (including phenoxy) is 1. The number of aromatic hydroxyl groups is 1. The normalized spacial score (nSPS) is 23.7. The summed E-state index contributed by atoms with van der Waals surface area (Å²) in [6.07, 6.45) is 3.10. The van der Waals surface area contributed by atoms with E-state index >= 15 is 0 Å². The summed E-state index contributed by atoms with van der Waals surface area (Å²) in [6.45, 7) is 10.3. The van der Waals surface area contributed by atoms with Crippen LogP contribution < -0.4 is 0 Å². The summed E-state index contributed by atoms with van der Waals surface area (Å²) in [5.74, 6) is 0.447. The molecular formula is C19H26O3. The van der Waals surface area contributed by atoms with E-state index in [1.807, 2.05) is 13.0 Å². The van der Waals surface area contributed by atoms with E-state index < -0.39 is 0 Å². The van der Waals surface area contributed by atoms with Crippen LogP contribution in [0.1, 0.15) is 49.8 Å².